The molecule has 0 spiro atoms. The summed E-state index contributed by atoms with van der Waals surface area (Å²) in [4.78, 5) is 36.2. The molecule has 1 aliphatic heterocycles. The van der Waals surface area contributed by atoms with Crippen molar-refractivity contribution in [3.63, 3.8) is 0 Å². The number of carbonyl (C=O) groups excluding carboxylic acids is 3. The predicted octanol–water partition coefficient (Wildman–Crippen LogP) is 3.43. The molecule has 0 aromatic heterocycles. The van der Waals surface area contributed by atoms with E-state index in [9.17, 15) is 14.4 Å². The molecule has 0 aromatic rings. The van der Waals surface area contributed by atoms with Gasteiger partial charge in [-0.25, -0.2) is 4.79 Å². The van der Waals surface area contributed by atoms with Gasteiger partial charge in [0.2, 0.25) is 0 Å². The standard InChI is InChI=1S/C22H32O6/c1-11(2)7-19(24)27-17-9-18(26-14(5)23)22(6)10-15-13(4)21(25)28-16(15)8-12(3)20(17)22/h11-12,15-18,20H,4,7-10H2,1-3,5-6H3/t12-,15-,16+,17+,18-,20-,22-/m1/s1. The van der Waals surface area contributed by atoms with Crippen LogP contribution in [0, 0.1) is 29.1 Å². The highest BCUT2D eigenvalue weighted by molar-refractivity contribution is 5.90. The molecule has 3 aliphatic rings. The number of hydrogen-bond donors (Lipinski definition) is 0. The van der Waals surface area contributed by atoms with E-state index in [1.807, 2.05) is 13.8 Å². The fourth-order valence-electron chi connectivity index (χ4n) is 5.73. The summed E-state index contributed by atoms with van der Waals surface area (Å²) in [6, 6.07) is 0. The monoisotopic (exact) mass is 392 g/mol. The summed E-state index contributed by atoms with van der Waals surface area (Å²) in [6.45, 7) is 13.5. The Morgan fingerprint density at radius 1 is 1.29 bits per heavy atom. The summed E-state index contributed by atoms with van der Waals surface area (Å²) in [5.41, 5.74) is 0.0883. The second-order valence-electron chi connectivity index (χ2n) is 9.48. The van der Waals surface area contributed by atoms with Gasteiger partial charge in [-0.2, -0.15) is 0 Å². The molecule has 28 heavy (non-hydrogen) atoms. The molecule has 3 rings (SSSR count). The molecule has 6 heteroatoms. The van der Waals surface area contributed by atoms with Crippen molar-refractivity contribution in [3.8, 4) is 0 Å². The van der Waals surface area contributed by atoms with Crippen molar-refractivity contribution in [1.82, 2.24) is 0 Å². The van der Waals surface area contributed by atoms with Gasteiger partial charge < -0.3 is 14.2 Å². The Morgan fingerprint density at radius 3 is 2.57 bits per heavy atom. The summed E-state index contributed by atoms with van der Waals surface area (Å²) in [5, 5.41) is 0. The fourth-order valence-corrected chi connectivity index (χ4v) is 5.73. The van der Waals surface area contributed by atoms with E-state index >= 15 is 0 Å². The lowest BCUT2D eigenvalue weighted by Crippen LogP contribution is -2.40. The highest BCUT2D eigenvalue weighted by atomic mass is 16.6. The second kappa shape index (κ2) is 7.53. The molecule has 1 heterocycles. The first-order valence-corrected chi connectivity index (χ1v) is 10.3. The highest BCUT2D eigenvalue weighted by Gasteiger charge is 2.61. The Labute approximate surface area is 167 Å². The lowest BCUT2D eigenvalue weighted by atomic mass is 9.69. The van der Waals surface area contributed by atoms with Crippen LogP contribution >= 0.6 is 0 Å². The topological polar surface area (TPSA) is 78.9 Å². The summed E-state index contributed by atoms with van der Waals surface area (Å²) >= 11 is 0. The van der Waals surface area contributed by atoms with E-state index in [0.29, 0.717) is 31.3 Å². The normalized spacial score (nSPS) is 39.8. The van der Waals surface area contributed by atoms with Gasteiger partial charge in [-0.3, -0.25) is 9.59 Å². The number of fused-ring (bicyclic) bond motifs is 2. The van der Waals surface area contributed by atoms with Crippen LogP contribution in [0.3, 0.4) is 0 Å². The van der Waals surface area contributed by atoms with Crippen molar-refractivity contribution < 1.29 is 28.6 Å². The van der Waals surface area contributed by atoms with E-state index < -0.39 is 5.41 Å². The van der Waals surface area contributed by atoms with Crippen molar-refractivity contribution in [2.45, 2.75) is 78.6 Å². The Kier molecular flexibility index (Phi) is 5.61. The summed E-state index contributed by atoms with van der Waals surface area (Å²) in [7, 11) is 0. The van der Waals surface area contributed by atoms with Gasteiger partial charge >= 0.3 is 17.9 Å². The van der Waals surface area contributed by atoms with Crippen LogP contribution in [0.5, 0.6) is 0 Å². The van der Waals surface area contributed by atoms with E-state index in [0.717, 1.165) is 0 Å². The molecule has 2 aliphatic carbocycles. The molecule has 0 bridgehead atoms. The smallest absolute Gasteiger partial charge is 0.334 e. The number of carbonyl (C=O) groups is 3. The SMILES string of the molecule is C=C1C(=O)O[C@H]2C[C@@H](C)[C@@H]3[C@@H](OC(=O)CC(C)C)C[C@@H](OC(C)=O)[C@@]3(C)C[C@H]12. The van der Waals surface area contributed by atoms with Gasteiger partial charge in [-0.15, -0.1) is 0 Å². The van der Waals surface area contributed by atoms with Crippen LogP contribution in [-0.4, -0.2) is 36.2 Å². The van der Waals surface area contributed by atoms with Gasteiger partial charge in [0.15, 0.2) is 0 Å². The third-order valence-corrected chi connectivity index (χ3v) is 6.80. The molecule has 7 atom stereocenters. The lowest BCUT2D eigenvalue weighted by molar-refractivity contribution is -0.154. The number of esters is 3. The number of rotatable bonds is 4. The molecular weight excluding hydrogens is 360 g/mol. The van der Waals surface area contributed by atoms with Crippen molar-refractivity contribution in [3.05, 3.63) is 12.2 Å². The zero-order valence-electron chi connectivity index (χ0n) is 17.5. The van der Waals surface area contributed by atoms with E-state index in [1.54, 1.807) is 0 Å². The van der Waals surface area contributed by atoms with Crippen LogP contribution in [0.2, 0.25) is 0 Å². The maximum atomic E-state index is 12.4. The largest absolute Gasteiger partial charge is 0.462 e. The second-order valence-corrected chi connectivity index (χ2v) is 9.48. The summed E-state index contributed by atoms with van der Waals surface area (Å²) in [5.74, 6) is -0.567. The molecule has 6 nitrogen and oxygen atoms in total. The van der Waals surface area contributed by atoms with Gasteiger partial charge in [-0.05, 0) is 24.7 Å². The van der Waals surface area contributed by atoms with E-state index in [-0.39, 0.29) is 59.9 Å². The molecule has 3 fully saturated rings. The molecule has 1 saturated heterocycles. The number of hydrogen-bond acceptors (Lipinski definition) is 6. The molecule has 2 saturated carbocycles. The first-order chi connectivity index (χ1) is 13.0. The molecule has 0 unspecified atom stereocenters. The van der Waals surface area contributed by atoms with E-state index in [2.05, 4.69) is 20.4 Å². The molecule has 0 N–H and O–H groups in total. The highest BCUT2D eigenvalue weighted by Crippen LogP contribution is 2.58. The van der Waals surface area contributed by atoms with Gasteiger partial charge in [0.1, 0.15) is 18.3 Å². The Bertz CT molecular complexity index is 683. The first kappa shape index (κ1) is 20.9. The molecule has 0 amide bonds. The van der Waals surface area contributed by atoms with Gasteiger partial charge in [-0.1, -0.05) is 34.3 Å². The maximum absolute atomic E-state index is 12.4. The Balaban J connectivity index is 1.92. The summed E-state index contributed by atoms with van der Waals surface area (Å²) in [6.07, 6.45) is 1.31. The van der Waals surface area contributed by atoms with E-state index in [4.69, 9.17) is 14.2 Å². The molecule has 0 radical (unpaired) electrons. The van der Waals surface area contributed by atoms with Crippen LogP contribution < -0.4 is 0 Å². The lowest BCUT2D eigenvalue weighted by Gasteiger charge is -2.39. The minimum atomic E-state index is -0.412. The molecular formula is C22H32O6. The Morgan fingerprint density at radius 2 is 1.96 bits per heavy atom. The summed E-state index contributed by atoms with van der Waals surface area (Å²) < 4.78 is 17.2. The minimum Gasteiger partial charge on any atom is -0.462 e. The Hall–Kier alpha value is -1.85. The van der Waals surface area contributed by atoms with Crippen LogP contribution in [-0.2, 0) is 28.6 Å². The quantitative estimate of drug-likeness (QED) is 0.414. The number of ether oxygens (including phenoxy) is 3. The van der Waals surface area contributed by atoms with Crippen LogP contribution in [0.15, 0.2) is 12.2 Å². The predicted molar refractivity (Wildman–Crippen MR) is 102 cm³/mol. The zero-order valence-corrected chi connectivity index (χ0v) is 17.5. The molecule has 156 valence electrons. The van der Waals surface area contributed by atoms with Crippen LogP contribution in [0.1, 0.15) is 60.3 Å². The maximum Gasteiger partial charge on any atom is 0.334 e. The van der Waals surface area contributed by atoms with Crippen molar-refractivity contribution in [2.24, 2.45) is 29.1 Å². The molecule has 0 aromatic carbocycles. The van der Waals surface area contributed by atoms with Gasteiger partial charge in [0.05, 0.1) is 0 Å². The third kappa shape index (κ3) is 3.70. The van der Waals surface area contributed by atoms with Crippen molar-refractivity contribution in [2.75, 3.05) is 0 Å². The zero-order chi connectivity index (χ0) is 20.8. The van der Waals surface area contributed by atoms with Gasteiger partial charge in [0.25, 0.3) is 0 Å². The van der Waals surface area contributed by atoms with Crippen LogP contribution in [0.25, 0.3) is 0 Å². The fraction of sp³-hybridized carbons (Fsp3) is 0.773. The van der Waals surface area contributed by atoms with Crippen molar-refractivity contribution in [1.29, 1.82) is 0 Å². The minimum absolute atomic E-state index is 0.0325. The average molecular weight is 392 g/mol. The third-order valence-electron chi connectivity index (χ3n) is 6.80. The van der Waals surface area contributed by atoms with Crippen LogP contribution in [0.4, 0.5) is 0 Å². The van der Waals surface area contributed by atoms with Gasteiger partial charge in [0, 0.05) is 42.6 Å². The average Bonchev–Trinajstić information content (AvgIpc) is 2.90. The van der Waals surface area contributed by atoms with Crippen molar-refractivity contribution >= 4 is 17.9 Å². The first-order valence-electron chi connectivity index (χ1n) is 10.3. The van der Waals surface area contributed by atoms with E-state index in [1.165, 1.54) is 6.92 Å².